The highest BCUT2D eigenvalue weighted by atomic mass is 32.2. The number of nitro benzene ring substituents is 1. The van der Waals surface area contributed by atoms with Crippen LogP contribution in [0.15, 0.2) is 59.5 Å². The third-order valence-electron chi connectivity index (χ3n) is 12.3. The zero-order valence-corrected chi connectivity index (χ0v) is 31.6. The van der Waals surface area contributed by atoms with E-state index in [4.69, 9.17) is 25.1 Å². The van der Waals surface area contributed by atoms with Gasteiger partial charge in [-0.3, -0.25) is 15.0 Å². The molecule has 5 aliphatic rings. The van der Waals surface area contributed by atoms with Gasteiger partial charge in [-0.1, -0.05) is 12.0 Å². The number of alkyl halides is 1. The van der Waals surface area contributed by atoms with E-state index in [1.807, 2.05) is 0 Å². The van der Waals surface area contributed by atoms with Crippen LogP contribution in [0.5, 0.6) is 17.5 Å². The molecule has 0 saturated carbocycles. The van der Waals surface area contributed by atoms with E-state index in [2.05, 4.69) is 26.0 Å². The first-order valence-electron chi connectivity index (χ1n) is 19.1. The molecule has 1 N–H and O–H groups in total. The van der Waals surface area contributed by atoms with Crippen LogP contribution in [0.1, 0.15) is 37.7 Å². The molecule has 0 aliphatic carbocycles. The number of nitro groups is 1. The molecule has 10 rings (SSSR count). The largest absolute Gasteiger partial charge is 0.491 e. The van der Waals surface area contributed by atoms with Crippen molar-refractivity contribution in [1.29, 1.82) is 0 Å². The standard InChI is InChI=1S/C41H35F3N6O7S/c1-2-28-31(43)10-4-22-14-26(57-58(53,54)27-8-6-25(7-9-27)50(51)52)15-29(35(22)28)30-16-34-36-38(37(30)44)46-40(56-21-41-12-3-13-48(41)18-23(42)17-41)47-39(36)49-19-24-5-11-32(45-24)33(49)20-55-34/h1,4,6-10,14-16,23-24,32-33,45H,3,5,11-13,17-21H2/t23-,24-,32+,33-,41+/m1/s1. The van der Waals surface area contributed by atoms with Crippen LogP contribution >= 0.6 is 0 Å². The zero-order chi connectivity index (χ0) is 40.1. The molecule has 1 aromatic heterocycles. The Balaban J connectivity index is 1.14. The molecule has 4 saturated heterocycles. The summed E-state index contributed by atoms with van der Waals surface area (Å²) in [7, 11) is -4.58. The van der Waals surface area contributed by atoms with Gasteiger partial charge in [0.1, 0.15) is 52.9 Å². The summed E-state index contributed by atoms with van der Waals surface area (Å²) in [6.45, 7) is 1.98. The number of piperazine rings is 1. The Kier molecular flexibility index (Phi) is 8.48. The summed E-state index contributed by atoms with van der Waals surface area (Å²) in [6.07, 6.45) is 8.67. The number of hydrogen-bond donors (Lipinski definition) is 1. The number of benzene rings is 4. The van der Waals surface area contributed by atoms with Gasteiger partial charge in [0, 0.05) is 54.7 Å². The summed E-state index contributed by atoms with van der Waals surface area (Å²) in [4.78, 5) is 23.9. The van der Waals surface area contributed by atoms with Gasteiger partial charge >= 0.3 is 16.1 Å². The molecule has 13 nitrogen and oxygen atoms in total. The Hall–Kier alpha value is -5.70. The minimum Gasteiger partial charge on any atom is -0.491 e. The molecule has 6 heterocycles. The third kappa shape index (κ3) is 5.87. The summed E-state index contributed by atoms with van der Waals surface area (Å²) in [5.74, 6) is 1.15. The van der Waals surface area contributed by atoms with Gasteiger partial charge in [-0.25, -0.2) is 13.2 Å². The highest BCUT2D eigenvalue weighted by Crippen LogP contribution is 2.47. The Bertz CT molecular complexity index is 2720. The van der Waals surface area contributed by atoms with Crippen LogP contribution in [0, 0.1) is 34.1 Å². The van der Waals surface area contributed by atoms with E-state index in [0.717, 1.165) is 62.6 Å². The number of aromatic nitrogens is 2. The smallest absolute Gasteiger partial charge is 0.339 e. The van der Waals surface area contributed by atoms with Gasteiger partial charge in [0.05, 0.1) is 27.5 Å². The summed E-state index contributed by atoms with van der Waals surface area (Å²) in [6, 6.07) is 10.6. The van der Waals surface area contributed by atoms with Crippen LogP contribution in [0.25, 0.3) is 32.8 Å². The number of halogens is 3. The second-order valence-electron chi connectivity index (χ2n) is 15.7. The van der Waals surface area contributed by atoms with Crippen LogP contribution < -0.4 is 23.9 Å². The SMILES string of the molecule is C#Cc1c(F)ccc2cc(OS(=O)(=O)c3ccc([N+](=O)[O-])cc3)cc(-c3cc4c5c(nc(OC[C@@]67CCCN6C[C@H](F)C7)nc5c3F)N3C[C@H]5CC[C@H](N5)[C@H]3CO4)c12. The van der Waals surface area contributed by atoms with E-state index >= 15 is 8.78 Å². The molecular weight excluding hydrogens is 778 g/mol. The molecule has 2 bridgehead atoms. The van der Waals surface area contributed by atoms with Gasteiger partial charge in [0.15, 0.2) is 5.82 Å². The molecule has 5 aliphatic heterocycles. The average Bonchev–Trinajstić information content (AvgIpc) is 3.84. The lowest BCUT2D eigenvalue weighted by Crippen LogP contribution is -2.60. The van der Waals surface area contributed by atoms with E-state index in [0.29, 0.717) is 30.7 Å². The molecule has 58 heavy (non-hydrogen) atoms. The minimum absolute atomic E-state index is 0.0103. The van der Waals surface area contributed by atoms with E-state index in [9.17, 15) is 22.9 Å². The average molecular weight is 813 g/mol. The van der Waals surface area contributed by atoms with E-state index in [1.54, 1.807) is 0 Å². The lowest BCUT2D eigenvalue weighted by atomic mass is 9.92. The maximum absolute atomic E-state index is 17.6. The Morgan fingerprint density at radius 1 is 1.07 bits per heavy atom. The van der Waals surface area contributed by atoms with Gasteiger partial charge in [0.2, 0.25) is 0 Å². The second kappa shape index (κ2) is 13.4. The number of nitrogens with one attached hydrogen (secondary N) is 1. The molecule has 0 radical (unpaired) electrons. The van der Waals surface area contributed by atoms with Gasteiger partial charge in [-0.05, 0) is 79.6 Å². The molecule has 5 aromatic rings. The summed E-state index contributed by atoms with van der Waals surface area (Å²) >= 11 is 0. The fraction of sp³-hybridized carbons (Fsp3) is 0.366. The number of fused-ring (bicyclic) bond motifs is 7. The van der Waals surface area contributed by atoms with Gasteiger partial charge in [-0.2, -0.15) is 18.4 Å². The van der Waals surface area contributed by atoms with Crippen molar-refractivity contribution in [2.75, 3.05) is 37.7 Å². The molecule has 0 unspecified atom stereocenters. The first-order chi connectivity index (χ1) is 27.9. The second-order valence-corrected chi connectivity index (χ2v) is 17.2. The predicted octanol–water partition coefficient (Wildman–Crippen LogP) is 6.04. The van der Waals surface area contributed by atoms with Gasteiger partial charge in [0.25, 0.3) is 5.69 Å². The van der Waals surface area contributed by atoms with Crippen molar-refractivity contribution in [3.63, 3.8) is 0 Å². The third-order valence-corrected chi connectivity index (χ3v) is 13.6. The van der Waals surface area contributed by atoms with E-state index in [1.165, 1.54) is 24.3 Å². The molecule has 0 amide bonds. The van der Waals surface area contributed by atoms with Crippen molar-refractivity contribution in [3.05, 3.63) is 81.9 Å². The number of anilines is 1. The van der Waals surface area contributed by atoms with E-state index in [-0.39, 0.29) is 92.4 Å². The first kappa shape index (κ1) is 36.6. The van der Waals surface area contributed by atoms with Crippen molar-refractivity contribution >= 4 is 43.3 Å². The maximum Gasteiger partial charge on any atom is 0.339 e. The van der Waals surface area contributed by atoms with E-state index < -0.39 is 38.4 Å². The highest BCUT2D eigenvalue weighted by Gasteiger charge is 2.50. The predicted molar refractivity (Wildman–Crippen MR) is 206 cm³/mol. The van der Waals surface area contributed by atoms with Gasteiger partial charge < -0.3 is 23.9 Å². The summed E-state index contributed by atoms with van der Waals surface area (Å²) in [5.41, 5.74) is -1.34. The molecule has 4 aromatic carbocycles. The Morgan fingerprint density at radius 3 is 2.69 bits per heavy atom. The van der Waals surface area contributed by atoms with Crippen LogP contribution in [0.3, 0.4) is 0 Å². The number of nitrogens with zero attached hydrogens (tertiary/aromatic N) is 5. The van der Waals surface area contributed by atoms with Crippen molar-refractivity contribution in [3.8, 4) is 41.0 Å². The zero-order valence-electron chi connectivity index (χ0n) is 30.8. The van der Waals surface area contributed by atoms with Crippen molar-refractivity contribution < 1.29 is 40.2 Å². The number of rotatable bonds is 8. The quantitative estimate of drug-likeness (QED) is 0.0843. The Morgan fingerprint density at radius 2 is 1.90 bits per heavy atom. The fourth-order valence-corrected chi connectivity index (χ4v) is 10.6. The normalized spacial score (nSPS) is 24.9. The molecule has 298 valence electrons. The van der Waals surface area contributed by atoms with Crippen LogP contribution in [-0.2, 0) is 10.1 Å². The molecule has 17 heteroatoms. The molecule has 4 fully saturated rings. The monoisotopic (exact) mass is 812 g/mol. The lowest BCUT2D eigenvalue weighted by molar-refractivity contribution is -0.384. The lowest BCUT2D eigenvalue weighted by Gasteiger charge is -2.40. The minimum atomic E-state index is -4.58. The highest BCUT2D eigenvalue weighted by molar-refractivity contribution is 7.87. The number of non-ortho nitro benzene ring substituents is 1. The van der Waals surface area contributed by atoms with Crippen molar-refractivity contribution in [2.24, 2.45) is 0 Å². The van der Waals surface area contributed by atoms with Gasteiger partial charge in [-0.15, -0.1) is 6.42 Å². The first-order valence-corrected chi connectivity index (χ1v) is 20.5. The fourth-order valence-electron chi connectivity index (χ4n) is 9.68. The van der Waals surface area contributed by atoms with Crippen molar-refractivity contribution in [2.45, 2.75) is 66.8 Å². The number of ether oxygens (including phenoxy) is 2. The van der Waals surface area contributed by atoms with Crippen molar-refractivity contribution in [1.82, 2.24) is 20.2 Å². The maximum atomic E-state index is 17.6. The number of terminal acetylenes is 1. The number of hydrogen-bond acceptors (Lipinski definition) is 12. The summed E-state index contributed by atoms with van der Waals surface area (Å²) < 4.78 is 93.1. The van der Waals surface area contributed by atoms with Crippen LogP contribution in [0.2, 0.25) is 0 Å². The van der Waals surface area contributed by atoms with Crippen LogP contribution in [0.4, 0.5) is 24.7 Å². The molecule has 0 spiro atoms. The topological polar surface area (TPSA) is 149 Å². The van der Waals surface area contributed by atoms with Crippen LogP contribution in [-0.4, -0.2) is 90.9 Å². The molecular formula is C41H35F3N6O7S. The Labute approximate surface area is 330 Å². The summed E-state index contributed by atoms with van der Waals surface area (Å²) in [5, 5.41) is 15.5. The molecule has 5 atom stereocenters.